The van der Waals surface area contributed by atoms with Gasteiger partial charge in [-0.25, -0.2) is 9.18 Å². The summed E-state index contributed by atoms with van der Waals surface area (Å²) in [6.45, 7) is 1.66. The van der Waals surface area contributed by atoms with E-state index in [9.17, 15) is 9.18 Å². The molecule has 0 aliphatic heterocycles. The number of rotatable bonds is 4. The zero-order chi connectivity index (χ0) is 21.3. The van der Waals surface area contributed by atoms with Crippen molar-refractivity contribution >= 4 is 34.1 Å². The SMILES string of the molecule is COc1ccc(-c2ccc(NC(=O)Nc3ccc(C)c(F)c3)cc2)c2c(N)n[nH]c12. The molecule has 0 unspecified atom stereocenters. The van der Waals surface area contributed by atoms with E-state index in [0.717, 1.165) is 22.0 Å². The first-order valence-corrected chi connectivity index (χ1v) is 9.21. The molecule has 0 atom stereocenters. The molecule has 5 N–H and O–H groups in total. The number of benzene rings is 3. The fourth-order valence-corrected chi connectivity index (χ4v) is 3.24. The number of aryl methyl sites for hydroxylation is 1. The minimum atomic E-state index is -0.461. The van der Waals surface area contributed by atoms with Gasteiger partial charge in [-0.3, -0.25) is 5.10 Å². The van der Waals surface area contributed by atoms with E-state index < -0.39 is 6.03 Å². The maximum atomic E-state index is 13.6. The van der Waals surface area contributed by atoms with Crippen LogP contribution < -0.4 is 21.1 Å². The van der Waals surface area contributed by atoms with Crippen molar-refractivity contribution in [1.82, 2.24) is 10.2 Å². The van der Waals surface area contributed by atoms with Gasteiger partial charge in [0.05, 0.1) is 12.5 Å². The molecule has 0 bridgehead atoms. The summed E-state index contributed by atoms with van der Waals surface area (Å²) in [5.74, 6) is 0.660. The molecule has 4 aromatic rings. The monoisotopic (exact) mass is 405 g/mol. The highest BCUT2D eigenvalue weighted by atomic mass is 19.1. The Balaban J connectivity index is 1.53. The summed E-state index contributed by atoms with van der Waals surface area (Å²) in [7, 11) is 1.59. The van der Waals surface area contributed by atoms with Crippen molar-refractivity contribution in [2.24, 2.45) is 0 Å². The predicted octanol–water partition coefficient (Wildman–Crippen LogP) is 4.91. The standard InChI is InChI=1S/C22H20FN5O2/c1-12-3-6-15(11-17(12)23)26-22(29)25-14-7-4-13(5-8-14)16-9-10-18(30-2)20-19(16)21(24)28-27-20/h3-11H,1-2H3,(H3,24,27,28)(H2,25,26,29). The molecule has 152 valence electrons. The number of halogens is 1. The molecule has 0 saturated carbocycles. The van der Waals surface area contributed by atoms with E-state index in [1.165, 1.54) is 6.07 Å². The van der Waals surface area contributed by atoms with Crippen molar-refractivity contribution in [3.63, 3.8) is 0 Å². The van der Waals surface area contributed by atoms with Crippen molar-refractivity contribution < 1.29 is 13.9 Å². The Hall–Kier alpha value is -4.07. The fourth-order valence-electron chi connectivity index (χ4n) is 3.24. The molecule has 8 heteroatoms. The minimum absolute atomic E-state index is 0.374. The number of nitrogens with two attached hydrogens (primary N) is 1. The molecular weight excluding hydrogens is 385 g/mol. The van der Waals surface area contributed by atoms with E-state index in [1.54, 1.807) is 38.3 Å². The number of hydrogen-bond acceptors (Lipinski definition) is 4. The number of H-pyrrole nitrogens is 1. The zero-order valence-corrected chi connectivity index (χ0v) is 16.4. The number of carbonyl (C=O) groups excluding carboxylic acids is 1. The highest BCUT2D eigenvalue weighted by molar-refractivity contribution is 6.04. The number of methoxy groups -OCH3 is 1. The van der Waals surface area contributed by atoms with E-state index in [-0.39, 0.29) is 5.82 Å². The van der Waals surface area contributed by atoms with Crippen LogP contribution in [0.4, 0.5) is 26.4 Å². The summed E-state index contributed by atoms with van der Waals surface area (Å²) >= 11 is 0. The summed E-state index contributed by atoms with van der Waals surface area (Å²) in [6.07, 6.45) is 0. The largest absolute Gasteiger partial charge is 0.494 e. The molecule has 0 aliphatic rings. The lowest BCUT2D eigenvalue weighted by molar-refractivity contribution is 0.262. The van der Waals surface area contributed by atoms with Crippen LogP contribution in [0.25, 0.3) is 22.0 Å². The maximum Gasteiger partial charge on any atom is 0.323 e. The number of aromatic amines is 1. The molecule has 1 heterocycles. The Kier molecular flexibility index (Phi) is 4.97. The van der Waals surface area contributed by atoms with Gasteiger partial charge in [0.1, 0.15) is 17.1 Å². The van der Waals surface area contributed by atoms with Crippen molar-refractivity contribution in [2.75, 3.05) is 23.5 Å². The number of anilines is 3. The van der Waals surface area contributed by atoms with E-state index in [0.29, 0.717) is 28.5 Å². The number of aromatic nitrogens is 2. The van der Waals surface area contributed by atoms with Crippen molar-refractivity contribution in [3.05, 3.63) is 66.0 Å². The molecule has 0 fully saturated rings. The first-order valence-electron chi connectivity index (χ1n) is 9.21. The highest BCUT2D eigenvalue weighted by Gasteiger charge is 2.14. The van der Waals surface area contributed by atoms with Crippen LogP contribution in [0.15, 0.2) is 54.6 Å². The summed E-state index contributed by atoms with van der Waals surface area (Å²) in [5.41, 5.74) is 10.0. The smallest absolute Gasteiger partial charge is 0.323 e. The molecule has 0 aliphatic carbocycles. The average Bonchev–Trinajstić information content (AvgIpc) is 3.13. The number of ether oxygens (including phenoxy) is 1. The third kappa shape index (κ3) is 3.62. The third-order valence-electron chi connectivity index (χ3n) is 4.81. The molecule has 0 spiro atoms. The Labute approximate surface area is 172 Å². The van der Waals surface area contributed by atoms with Crippen LogP contribution in [0.5, 0.6) is 5.75 Å². The number of hydrogen-bond donors (Lipinski definition) is 4. The van der Waals surface area contributed by atoms with E-state index in [2.05, 4.69) is 20.8 Å². The zero-order valence-electron chi connectivity index (χ0n) is 16.4. The summed E-state index contributed by atoms with van der Waals surface area (Å²) in [6, 6.07) is 15.1. The Bertz CT molecular complexity index is 1230. The average molecular weight is 405 g/mol. The van der Waals surface area contributed by atoms with Crippen LogP contribution in [0.3, 0.4) is 0 Å². The van der Waals surface area contributed by atoms with Crippen LogP contribution in [-0.2, 0) is 0 Å². The highest BCUT2D eigenvalue weighted by Crippen LogP contribution is 2.36. The van der Waals surface area contributed by atoms with Crippen molar-refractivity contribution in [2.45, 2.75) is 6.92 Å². The second kappa shape index (κ2) is 7.75. The Morgan fingerprint density at radius 3 is 2.47 bits per heavy atom. The van der Waals surface area contributed by atoms with E-state index in [1.807, 2.05) is 24.3 Å². The quantitative estimate of drug-likeness (QED) is 0.387. The van der Waals surface area contributed by atoms with Gasteiger partial charge in [0.15, 0.2) is 5.82 Å². The summed E-state index contributed by atoms with van der Waals surface area (Å²) in [4.78, 5) is 12.2. The minimum Gasteiger partial charge on any atom is -0.494 e. The van der Waals surface area contributed by atoms with Gasteiger partial charge in [-0.05, 0) is 60.0 Å². The molecule has 7 nitrogen and oxygen atoms in total. The van der Waals surface area contributed by atoms with E-state index >= 15 is 0 Å². The van der Waals surface area contributed by atoms with Gasteiger partial charge in [-0.2, -0.15) is 5.10 Å². The number of nitrogens with zero attached hydrogens (tertiary/aromatic N) is 1. The van der Waals surface area contributed by atoms with Gasteiger partial charge in [-0.1, -0.05) is 18.2 Å². The van der Waals surface area contributed by atoms with Gasteiger partial charge in [-0.15, -0.1) is 0 Å². The molecule has 0 saturated heterocycles. The molecule has 3 aromatic carbocycles. The molecule has 4 rings (SSSR count). The lowest BCUT2D eigenvalue weighted by atomic mass is 10.0. The Morgan fingerprint density at radius 1 is 1.07 bits per heavy atom. The second-order valence-corrected chi connectivity index (χ2v) is 6.79. The van der Waals surface area contributed by atoms with Crippen LogP contribution >= 0.6 is 0 Å². The topological polar surface area (TPSA) is 105 Å². The maximum absolute atomic E-state index is 13.6. The number of carbonyl (C=O) groups is 1. The van der Waals surface area contributed by atoms with Gasteiger partial charge in [0.25, 0.3) is 0 Å². The van der Waals surface area contributed by atoms with Crippen LogP contribution in [0.1, 0.15) is 5.56 Å². The predicted molar refractivity (Wildman–Crippen MR) is 116 cm³/mol. The molecule has 0 radical (unpaired) electrons. The van der Waals surface area contributed by atoms with Gasteiger partial charge < -0.3 is 21.1 Å². The van der Waals surface area contributed by atoms with Crippen molar-refractivity contribution in [1.29, 1.82) is 0 Å². The summed E-state index contributed by atoms with van der Waals surface area (Å²) < 4.78 is 19.0. The number of fused-ring (bicyclic) bond motifs is 1. The molecule has 30 heavy (non-hydrogen) atoms. The van der Waals surface area contributed by atoms with Crippen LogP contribution in [0.2, 0.25) is 0 Å². The Morgan fingerprint density at radius 2 is 1.77 bits per heavy atom. The molecular formula is C22H20FN5O2. The normalized spacial score (nSPS) is 10.8. The van der Waals surface area contributed by atoms with Crippen molar-refractivity contribution in [3.8, 4) is 16.9 Å². The molecule has 1 aromatic heterocycles. The molecule has 2 amide bonds. The lowest BCUT2D eigenvalue weighted by Crippen LogP contribution is -2.19. The lowest BCUT2D eigenvalue weighted by Gasteiger charge is -2.10. The van der Waals surface area contributed by atoms with Gasteiger partial charge in [0, 0.05) is 11.4 Å². The number of amides is 2. The third-order valence-corrected chi connectivity index (χ3v) is 4.81. The number of urea groups is 1. The van der Waals surface area contributed by atoms with Crippen LogP contribution in [0, 0.1) is 12.7 Å². The fraction of sp³-hybridized carbons (Fsp3) is 0.0909. The number of nitrogens with one attached hydrogen (secondary N) is 3. The van der Waals surface area contributed by atoms with Gasteiger partial charge in [0.2, 0.25) is 0 Å². The summed E-state index contributed by atoms with van der Waals surface area (Å²) in [5, 5.41) is 13.1. The first kappa shape index (κ1) is 19.3. The first-order chi connectivity index (χ1) is 14.5. The second-order valence-electron chi connectivity index (χ2n) is 6.79. The van der Waals surface area contributed by atoms with Crippen LogP contribution in [-0.4, -0.2) is 23.3 Å². The van der Waals surface area contributed by atoms with E-state index in [4.69, 9.17) is 10.5 Å². The number of nitrogen functional groups attached to an aromatic ring is 1. The van der Waals surface area contributed by atoms with Gasteiger partial charge >= 0.3 is 6.03 Å².